The molecule has 1 aromatic heterocycles. The van der Waals surface area contributed by atoms with E-state index in [1.807, 2.05) is 6.92 Å². The van der Waals surface area contributed by atoms with Gasteiger partial charge in [0.25, 0.3) is 5.91 Å². The molecule has 8 nitrogen and oxygen atoms in total. The first-order valence-electron chi connectivity index (χ1n) is 11.9. The van der Waals surface area contributed by atoms with Crippen LogP contribution in [0.1, 0.15) is 47.1 Å². The maximum Gasteiger partial charge on any atom is 0.290 e. The summed E-state index contributed by atoms with van der Waals surface area (Å²) in [4.78, 5) is 31.5. The van der Waals surface area contributed by atoms with Gasteiger partial charge in [-0.3, -0.25) is 9.59 Å². The third kappa shape index (κ3) is 4.29. The van der Waals surface area contributed by atoms with Crippen LogP contribution in [0.3, 0.4) is 0 Å². The van der Waals surface area contributed by atoms with Gasteiger partial charge in [0, 0.05) is 18.1 Å². The number of carbonyl (C=O) groups is 1. The maximum atomic E-state index is 13.8. The van der Waals surface area contributed by atoms with Crippen molar-refractivity contribution in [3.63, 3.8) is 0 Å². The van der Waals surface area contributed by atoms with Crippen molar-refractivity contribution in [2.45, 2.75) is 26.8 Å². The van der Waals surface area contributed by atoms with Crippen LogP contribution in [0, 0.1) is 6.92 Å². The number of benzene rings is 2. The van der Waals surface area contributed by atoms with Crippen molar-refractivity contribution in [3.8, 4) is 17.2 Å². The van der Waals surface area contributed by atoms with Gasteiger partial charge in [0.1, 0.15) is 5.58 Å². The average molecular weight is 515 g/mol. The molecule has 2 aromatic carbocycles. The van der Waals surface area contributed by atoms with E-state index in [4.69, 9.17) is 30.2 Å². The van der Waals surface area contributed by atoms with E-state index in [2.05, 4.69) is 18.7 Å². The summed E-state index contributed by atoms with van der Waals surface area (Å²) in [6.07, 6.45) is 0. The summed E-state index contributed by atoms with van der Waals surface area (Å²) in [7, 11) is 4.58. The number of hydrogen-bond donors (Lipinski definition) is 0. The molecular weight excluding hydrogens is 484 g/mol. The minimum absolute atomic E-state index is 0.0486. The zero-order chi connectivity index (χ0) is 26.1. The lowest BCUT2D eigenvalue weighted by Crippen LogP contribution is -2.37. The van der Waals surface area contributed by atoms with Crippen LogP contribution in [-0.2, 0) is 0 Å². The van der Waals surface area contributed by atoms with Crippen molar-refractivity contribution >= 4 is 28.5 Å². The second kappa shape index (κ2) is 10.4. The predicted octanol–water partition coefficient (Wildman–Crippen LogP) is 4.67. The highest BCUT2D eigenvalue weighted by Gasteiger charge is 2.43. The van der Waals surface area contributed by atoms with Crippen molar-refractivity contribution in [2.75, 3.05) is 47.5 Å². The molecule has 192 valence electrons. The fraction of sp³-hybridized carbons (Fsp3) is 0.407. The van der Waals surface area contributed by atoms with Crippen molar-refractivity contribution in [3.05, 3.63) is 62.0 Å². The standard InChI is InChI=1S/C27H31ClN2O6/c1-7-29(8-2)9-10-30-23(16-12-20(33-4)25(35-6)21(13-16)34-5)22-24(31)17-14-18(28)15(3)11-19(17)36-26(22)27(30)32/h11-14,23H,7-10H2,1-6H3. The number of rotatable bonds is 9. The number of aryl methyl sites for hydroxylation is 1. The van der Waals surface area contributed by atoms with Crippen molar-refractivity contribution in [2.24, 2.45) is 0 Å². The molecule has 0 saturated carbocycles. The van der Waals surface area contributed by atoms with Crippen molar-refractivity contribution in [1.82, 2.24) is 9.80 Å². The van der Waals surface area contributed by atoms with Crippen LogP contribution in [-0.4, -0.2) is 63.2 Å². The number of methoxy groups -OCH3 is 3. The molecule has 1 unspecified atom stereocenters. The number of ether oxygens (including phenoxy) is 3. The molecule has 1 amide bonds. The molecule has 1 aliphatic heterocycles. The van der Waals surface area contributed by atoms with Gasteiger partial charge in [-0.05, 0) is 55.4 Å². The number of likely N-dealkylation sites (N-methyl/N-ethyl adjacent to an activating group) is 1. The molecule has 1 aliphatic rings. The van der Waals surface area contributed by atoms with Gasteiger partial charge in [0.2, 0.25) is 11.5 Å². The van der Waals surface area contributed by atoms with E-state index >= 15 is 0 Å². The molecule has 36 heavy (non-hydrogen) atoms. The normalized spacial score (nSPS) is 15.1. The SMILES string of the molecule is CCN(CC)CCN1C(=O)c2oc3cc(C)c(Cl)cc3c(=O)c2C1c1cc(OC)c(OC)c(OC)c1. The number of nitrogens with zero attached hydrogens (tertiary/aromatic N) is 2. The second-order valence-electron chi connectivity index (χ2n) is 8.66. The molecule has 0 bridgehead atoms. The van der Waals surface area contributed by atoms with Crippen LogP contribution >= 0.6 is 11.6 Å². The smallest absolute Gasteiger partial charge is 0.290 e. The molecular formula is C27H31ClN2O6. The maximum absolute atomic E-state index is 13.8. The monoisotopic (exact) mass is 514 g/mol. The quantitative estimate of drug-likeness (QED) is 0.410. The van der Waals surface area contributed by atoms with Gasteiger partial charge < -0.3 is 28.4 Å². The number of amides is 1. The summed E-state index contributed by atoms with van der Waals surface area (Å²) in [5.41, 5.74) is 1.74. The molecule has 0 saturated heterocycles. The predicted molar refractivity (Wildman–Crippen MR) is 139 cm³/mol. The highest BCUT2D eigenvalue weighted by atomic mass is 35.5. The molecule has 0 aliphatic carbocycles. The van der Waals surface area contributed by atoms with Crippen LogP contribution in [0.5, 0.6) is 17.2 Å². The van der Waals surface area contributed by atoms with E-state index in [0.29, 0.717) is 51.9 Å². The fourth-order valence-corrected chi connectivity index (χ4v) is 4.93. The topological polar surface area (TPSA) is 81.5 Å². The van der Waals surface area contributed by atoms with Gasteiger partial charge >= 0.3 is 0 Å². The molecule has 1 atom stereocenters. The van der Waals surface area contributed by atoms with Crippen LogP contribution < -0.4 is 19.6 Å². The molecule has 4 rings (SSSR count). The number of carbonyl (C=O) groups excluding carboxylic acids is 1. The summed E-state index contributed by atoms with van der Waals surface area (Å²) in [5.74, 6) is 1.01. The Morgan fingerprint density at radius 2 is 1.64 bits per heavy atom. The van der Waals surface area contributed by atoms with Crippen LogP contribution in [0.25, 0.3) is 11.0 Å². The van der Waals surface area contributed by atoms with E-state index in [1.165, 1.54) is 21.3 Å². The molecule has 3 aromatic rings. The van der Waals surface area contributed by atoms with E-state index in [9.17, 15) is 9.59 Å². The van der Waals surface area contributed by atoms with E-state index in [0.717, 1.165) is 18.7 Å². The minimum atomic E-state index is -0.697. The number of fused-ring (bicyclic) bond motifs is 2. The van der Waals surface area contributed by atoms with Gasteiger partial charge in [-0.2, -0.15) is 0 Å². The lowest BCUT2D eigenvalue weighted by atomic mass is 9.97. The molecule has 2 heterocycles. The first-order chi connectivity index (χ1) is 17.3. The Morgan fingerprint density at radius 1 is 1.00 bits per heavy atom. The van der Waals surface area contributed by atoms with Gasteiger partial charge in [-0.25, -0.2) is 0 Å². The Bertz CT molecular complexity index is 1340. The summed E-state index contributed by atoms with van der Waals surface area (Å²) in [6, 6.07) is 6.14. The molecule has 0 N–H and O–H groups in total. The van der Waals surface area contributed by atoms with Crippen molar-refractivity contribution < 1.29 is 23.4 Å². The third-order valence-corrected chi connectivity index (χ3v) is 7.21. The fourth-order valence-electron chi connectivity index (χ4n) is 4.77. The Kier molecular flexibility index (Phi) is 7.47. The largest absolute Gasteiger partial charge is 0.493 e. The van der Waals surface area contributed by atoms with Gasteiger partial charge in [0.05, 0.1) is 38.3 Å². The summed E-state index contributed by atoms with van der Waals surface area (Å²) >= 11 is 6.34. The van der Waals surface area contributed by atoms with E-state index in [-0.39, 0.29) is 22.7 Å². The summed E-state index contributed by atoms with van der Waals surface area (Å²) < 4.78 is 22.7. The average Bonchev–Trinajstić information content (AvgIpc) is 3.16. The van der Waals surface area contributed by atoms with Crippen LogP contribution in [0.15, 0.2) is 33.5 Å². The first kappa shape index (κ1) is 25.9. The zero-order valence-electron chi connectivity index (χ0n) is 21.4. The van der Waals surface area contributed by atoms with Crippen molar-refractivity contribution in [1.29, 1.82) is 0 Å². The second-order valence-corrected chi connectivity index (χ2v) is 9.07. The van der Waals surface area contributed by atoms with E-state index in [1.54, 1.807) is 29.2 Å². The third-order valence-electron chi connectivity index (χ3n) is 6.80. The zero-order valence-corrected chi connectivity index (χ0v) is 22.2. The van der Waals surface area contributed by atoms with Gasteiger partial charge in [0.15, 0.2) is 16.9 Å². The molecule has 0 spiro atoms. The Labute approximate surface area is 215 Å². The Morgan fingerprint density at radius 3 is 2.19 bits per heavy atom. The van der Waals surface area contributed by atoms with E-state index < -0.39 is 6.04 Å². The lowest BCUT2D eigenvalue weighted by molar-refractivity contribution is 0.0707. The Hall–Kier alpha value is -3.23. The number of hydrogen-bond acceptors (Lipinski definition) is 7. The highest BCUT2D eigenvalue weighted by molar-refractivity contribution is 6.32. The van der Waals surface area contributed by atoms with Gasteiger partial charge in [-0.1, -0.05) is 25.4 Å². The summed E-state index contributed by atoms with van der Waals surface area (Å²) in [5, 5.41) is 0.794. The van der Waals surface area contributed by atoms with Crippen LogP contribution in [0.4, 0.5) is 0 Å². The summed E-state index contributed by atoms with van der Waals surface area (Å²) in [6.45, 7) is 8.72. The molecule has 9 heteroatoms. The van der Waals surface area contributed by atoms with Gasteiger partial charge in [-0.15, -0.1) is 0 Å². The van der Waals surface area contributed by atoms with Crippen LogP contribution in [0.2, 0.25) is 5.02 Å². The molecule has 0 radical (unpaired) electrons. The Balaban J connectivity index is 1.96. The number of halogens is 1. The molecule has 0 fully saturated rings. The highest BCUT2D eigenvalue weighted by Crippen LogP contribution is 2.45. The first-order valence-corrected chi connectivity index (χ1v) is 12.3. The minimum Gasteiger partial charge on any atom is -0.493 e. The lowest BCUT2D eigenvalue weighted by Gasteiger charge is -2.28.